The van der Waals surface area contributed by atoms with Crippen LogP contribution in [0.1, 0.15) is 403 Å². The summed E-state index contributed by atoms with van der Waals surface area (Å²) < 4.78 is 0. The van der Waals surface area contributed by atoms with Crippen molar-refractivity contribution < 1.29 is 0 Å². The zero-order chi connectivity index (χ0) is 90.3. The lowest BCUT2D eigenvalue weighted by Gasteiger charge is -2.54. The lowest BCUT2D eigenvalue weighted by atomic mass is 9.50. The van der Waals surface area contributed by atoms with Gasteiger partial charge in [-0.3, -0.25) is 0 Å². The molecule has 0 bridgehead atoms. The molecule has 6 aliphatic carbocycles. The lowest BCUT2D eigenvalue weighted by molar-refractivity contribution is 0.0554. The van der Waals surface area contributed by atoms with E-state index >= 15 is 0 Å². The normalized spacial score (nSPS) is 25.9. The quantitative estimate of drug-likeness (QED) is 0.0899. The Morgan fingerprint density at radius 2 is 0.458 bits per heavy atom. The molecule has 120 heavy (non-hydrogen) atoms. The van der Waals surface area contributed by atoms with Crippen molar-refractivity contribution in [3.63, 3.8) is 0 Å². The van der Waals surface area contributed by atoms with Crippen LogP contribution in [0.3, 0.4) is 0 Å². The Balaban J connectivity index is 0.000000189. The first-order valence-corrected chi connectivity index (χ1v) is 49.1. The second-order valence-corrected chi connectivity index (χ2v) is 45.1. The Hall–Kier alpha value is -5.72. The molecule has 0 aromatic heterocycles. The van der Waals surface area contributed by atoms with Crippen molar-refractivity contribution in [1.29, 1.82) is 0 Å². The molecule has 6 aromatic carbocycles. The monoisotopic (exact) mass is 1620 g/mol. The fraction of sp³-hybridized carbons (Fsp3) is 0.633. The largest absolute Gasteiger partial charge is 0.0707 e. The van der Waals surface area contributed by atoms with Gasteiger partial charge in [-0.2, -0.15) is 0 Å². The first kappa shape index (κ1) is 96.5. The molecule has 0 heterocycles. The molecule has 16 atom stereocenters. The smallest absolute Gasteiger partial charge is 0.00290 e. The van der Waals surface area contributed by atoms with Crippen molar-refractivity contribution in [2.24, 2.45) is 107 Å². The van der Waals surface area contributed by atoms with Gasteiger partial charge in [0.05, 0.1) is 0 Å². The minimum absolute atomic E-state index is 0.458. The molecule has 0 nitrogen and oxygen atoms in total. The molecular formula is C120H178. The summed E-state index contributed by atoms with van der Waals surface area (Å²) in [4.78, 5) is 0. The van der Waals surface area contributed by atoms with Crippen LogP contribution in [0.5, 0.6) is 0 Å². The number of hydrogen-bond acceptors (Lipinski definition) is 0. The summed E-state index contributed by atoms with van der Waals surface area (Å²) in [6.07, 6.45) is 6.92. The van der Waals surface area contributed by atoms with Crippen LogP contribution in [0.4, 0.5) is 0 Å². The fourth-order valence-electron chi connectivity index (χ4n) is 26.4. The highest BCUT2D eigenvalue weighted by Gasteiger charge is 2.52. The van der Waals surface area contributed by atoms with Crippen molar-refractivity contribution in [2.45, 2.75) is 395 Å². The zero-order valence-electron chi connectivity index (χ0n) is 86.9. The maximum Gasteiger partial charge on any atom is 0.00290 e. The summed E-state index contributed by atoms with van der Waals surface area (Å²) >= 11 is 0. The maximum atomic E-state index is 2.62. The third-order valence-electron chi connectivity index (χ3n) is 36.3. The van der Waals surface area contributed by atoms with Gasteiger partial charge in [0.1, 0.15) is 0 Å². The van der Waals surface area contributed by atoms with Gasteiger partial charge in [-0.1, -0.05) is 200 Å². The van der Waals surface area contributed by atoms with Gasteiger partial charge < -0.3 is 0 Å². The molecule has 6 aliphatic rings. The van der Waals surface area contributed by atoms with E-state index in [1.807, 2.05) is 0 Å². The fourth-order valence-corrected chi connectivity index (χ4v) is 26.4. The van der Waals surface area contributed by atoms with Crippen LogP contribution in [-0.4, -0.2) is 0 Å². The molecule has 1 saturated carbocycles. The van der Waals surface area contributed by atoms with Crippen molar-refractivity contribution >= 4 is 32.7 Å². The maximum absolute atomic E-state index is 2.62. The van der Waals surface area contributed by atoms with Gasteiger partial charge >= 0.3 is 0 Å². The Labute approximate surface area is 740 Å². The van der Waals surface area contributed by atoms with Crippen molar-refractivity contribution in [3.8, 4) is 11.1 Å². The van der Waals surface area contributed by atoms with E-state index in [1.54, 1.807) is 145 Å². The zero-order valence-corrected chi connectivity index (χ0v) is 86.9. The minimum Gasteiger partial charge on any atom is -0.0707 e. The highest BCUT2D eigenvalue weighted by molar-refractivity contribution is 6.14. The molecule has 6 aromatic rings. The number of rotatable bonds is 15. The molecule has 0 spiro atoms. The topological polar surface area (TPSA) is 0 Å². The Bertz CT molecular complexity index is 5100. The average molecular weight is 1620 g/mol. The predicted molar refractivity (Wildman–Crippen MR) is 537 cm³/mol. The van der Waals surface area contributed by atoms with Gasteiger partial charge in [0, 0.05) is 11.8 Å². The van der Waals surface area contributed by atoms with Crippen LogP contribution in [0.15, 0.2) is 55.7 Å². The molecule has 0 amide bonds. The Morgan fingerprint density at radius 3 is 0.817 bits per heavy atom. The molecule has 12 rings (SSSR count). The standard InChI is InChI=1S/C40H64.C40H60.C40H54/c3*1-19(2)17-33-25(9)31(15)35-27(11)21(5)23(7)29(13)37(35)39(33)40-34(18-20(3)4)26(10)32(16)36-28(12)22(6)24(8)30(14)38(36)40/h19-24,27-30,35,37H,17-18H2,1-16H3;19-20,27-30,35,37H,17-18H2,1-16H3;19-20H,17-18H2,1-16H3. The van der Waals surface area contributed by atoms with Gasteiger partial charge in [-0.05, 0) is 534 Å². The Morgan fingerprint density at radius 1 is 0.192 bits per heavy atom. The highest BCUT2D eigenvalue weighted by Crippen LogP contribution is 2.64. The first-order valence-electron chi connectivity index (χ1n) is 49.1. The van der Waals surface area contributed by atoms with E-state index in [0.717, 1.165) is 31.1 Å². The molecule has 658 valence electrons. The van der Waals surface area contributed by atoms with Gasteiger partial charge in [0.2, 0.25) is 0 Å². The summed E-state index contributed by atoms with van der Waals surface area (Å²) in [6.45, 7) is 117. The van der Waals surface area contributed by atoms with E-state index in [1.165, 1.54) is 119 Å². The van der Waals surface area contributed by atoms with Crippen LogP contribution in [0.25, 0.3) is 43.8 Å². The van der Waals surface area contributed by atoms with E-state index in [4.69, 9.17) is 0 Å². The second-order valence-electron chi connectivity index (χ2n) is 45.1. The lowest BCUT2D eigenvalue weighted by Crippen LogP contribution is -2.45. The first-order chi connectivity index (χ1) is 55.6. The third kappa shape index (κ3) is 16.1. The van der Waals surface area contributed by atoms with Gasteiger partial charge in [-0.25, -0.2) is 0 Å². The molecule has 0 N–H and O–H groups in total. The SMILES string of the molecule is CC1=C(C)C2C(C)C(C)=C(C)C(C)C2C(c2c(CC(C)C)c(C)c(C)c3c2C(C)C(C)=C(C)C3C)=C1CC(C)C.CC1=C(C)C2C(C)C(C)C(C)C(C)C2C(c2c(CC(C)C)c(C)c(C)c3c2C(C)C(C)C(C)C3C)=C1CC(C)C.Cc1c(C)c(C)c2c(-c3c(CC(C)C)c(C)c(C)c4c(C)c(C)c(C)c(C)c34)c(CC(C)C)c(C)c(C)c2c1C. The van der Waals surface area contributed by atoms with E-state index in [2.05, 4.69) is 332 Å². The van der Waals surface area contributed by atoms with Crippen molar-refractivity contribution in [3.05, 3.63) is 200 Å². The molecule has 0 radical (unpaired) electrons. The second kappa shape index (κ2) is 36.3. The summed E-state index contributed by atoms with van der Waals surface area (Å²) in [5.41, 5.74) is 63.6. The number of hydrogen-bond donors (Lipinski definition) is 0. The van der Waals surface area contributed by atoms with Gasteiger partial charge in [0.15, 0.2) is 0 Å². The van der Waals surface area contributed by atoms with Crippen LogP contribution < -0.4 is 0 Å². The minimum atomic E-state index is 0.458. The summed E-state index contributed by atoms with van der Waals surface area (Å²) in [5.74, 6) is 13.7. The average Bonchev–Trinajstić information content (AvgIpc) is 0.715. The molecule has 1 fully saturated rings. The number of allylic oxidation sites excluding steroid dienone is 12. The molecule has 0 heteroatoms. The van der Waals surface area contributed by atoms with Crippen LogP contribution in [0, 0.1) is 217 Å². The summed E-state index contributed by atoms with van der Waals surface area (Å²) in [7, 11) is 0. The molecule has 16 unspecified atom stereocenters. The third-order valence-corrected chi connectivity index (χ3v) is 36.3. The Kier molecular flexibility index (Phi) is 29.2. The van der Waals surface area contributed by atoms with Crippen molar-refractivity contribution in [2.75, 3.05) is 0 Å². The number of benzene rings is 6. The molecule has 0 aliphatic heterocycles. The van der Waals surface area contributed by atoms with E-state index in [9.17, 15) is 0 Å². The van der Waals surface area contributed by atoms with E-state index in [0.29, 0.717) is 118 Å². The summed E-state index contributed by atoms with van der Waals surface area (Å²) in [6, 6.07) is 0. The van der Waals surface area contributed by atoms with Crippen LogP contribution in [0.2, 0.25) is 0 Å². The molecular weight excluding hydrogens is 1440 g/mol. The van der Waals surface area contributed by atoms with E-state index < -0.39 is 0 Å². The van der Waals surface area contributed by atoms with Crippen LogP contribution in [-0.2, 0) is 25.7 Å². The van der Waals surface area contributed by atoms with Crippen molar-refractivity contribution in [1.82, 2.24) is 0 Å². The van der Waals surface area contributed by atoms with Gasteiger partial charge in [-0.15, -0.1) is 0 Å². The van der Waals surface area contributed by atoms with Crippen LogP contribution >= 0.6 is 0 Å². The highest BCUT2D eigenvalue weighted by atomic mass is 14.6. The summed E-state index contributed by atoms with van der Waals surface area (Å²) in [5, 5.41) is 5.98. The van der Waals surface area contributed by atoms with E-state index in [-0.39, 0.29) is 0 Å². The predicted octanol–water partition coefficient (Wildman–Crippen LogP) is 35.8. The number of fused-ring (bicyclic) bond motifs is 6. The van der Waals surface area contributed by atoms with Gasteiger partial charge in [0.25, 0.3) is 0 Å². The number of aryl methyl sites for hydroxylation is 6. The molecule has 0 saturated heterocycles.